The van der Waals surface area contributed by atoms with Crippen LogP contribution in [-0.4, -0.2) is 4.98 Å². The van der Waals surface area contributed by atoms with E-state index in [1.165, 1.54) is 0 Å². The van der Waals surface area contributed by atoms with E-state index in [0.717, 1.165) is 18.5 Å². The lowest BCUT2D eigenvalue weighted by atomic mass is 10.2. The van der Waals surface area contributed by atoms with Crippen molar-refractivity contribution in [3.63, 3.8) is 0 Å². The maximum Gasteiger partial charge on any atom is 0.0590 e. The van der Waals surface area contributed by atoms with Crippen LogP contribution in [0.25, 0.3) is 10.4 Å². The van der Waals surface area contributed by atoms with Crippen LogP contribution in [-0.2, 0) is 6.42 Å². The molecular formula is C8H11BrN4. The molecule has 0 amide bonds. The topological polar surface area (TPSA) is 61.7 Å². The molecule has 0 aliphatic carbocycles. The zero-order valence-electron chi connectivity index (χ0n) is 7.34. The molecule has 0 unspecified atom stereocenters. The molecule has 0 saturated heterocycles. The number of pyridine rings is 1. The van der Waals surface area contributed by atoms with Crippen LogP contribution in [0.5, 0.6) is 0 Å². The summed E-state index contributed by atoms with van der Waals surface area (Å²) in [7, 11) is 0. The predicted molar refractivity (Wildman–Crippen MR) is 57.4 cm³/mol. The first kappa shape index (κ1) is 11.9. The second-order valence-corrected chi connectivity index (χ2v) is 2.41. The van der Waals surface area contributed by atoms with Crippen molar-refractivity contribution in [2.45, 2.75) is 19.8 Å². The zero-order valence-corrected chi connectivity index (χ0v) is 9.06. The van der Waals surface area contributed by atoms with Crippen molar-refractivity contribution in [3.05, 3.63) is 34.5 Å². The highest BCUT2D eigenvalue weighted by atomic mass is 79.9. The van der Waals surface area contributed by atoms with Crippen molar-refractivity contribution in [3.8, 4) is 0 Å². The maximum atomic E-state index is 8.24. The van der Waals surface area contributed by atoms with Gasteiger partial charge in [-0.15, -0.1) is 17.0 Å². The Morgan fingerprint density at radius 1 is 1.62 bits per heavy atom. The first-order chi connectivity index (χ1) is 5.88. The average molecular weight is 243 g/mol. The minimum Gasteiger partial charge on any atom is -0.261 e. The Bertz CT molecular complexity index is 307. The predicted octanol–water partition coefficient (Wildman–Crippen LogP) is 3.55. The Hall–Kier alpha value is -1.06. The van der Waals surface area contributed by atoms with Gasteiger partial charge in [0.15, 0.2) is 0 Å². The van der Waals surface area contributed by atoms with Crippen LogP contribution in [0.4, 0.5) is 5.69 Å². The molecule has 70 valence electrons. The number of hydrogen-bond donors (Lipinski definition) is 0. The Balaban J connectivity index is 0.00000144. The van der Waals surface area contributed by atoms with Gasteiger partial charge in [-0.05, 0) is 24.1 Å². The van der Waals surface area contributed by atoms with E-state index in [1.54, 1.807) is 18.3 Å². The minimum atomic E-state index is 0. The second kappa shape index (κ2) is 6.46. The molecule has 0 radical (unpaired) electrons. The Morgan fingerprint density at radius 2 is 2.38 bits per heavy atom. The van der Waals surface area contributed by atoms with Gasteiger partial charge in [0.25, 0.3) is 0 Å². The summed E-state index contributed by atoms with van der Waals surface area (Å²) in [6.07, 6.45) is 3.57. The van der Waals surface area contributed by atoms with Crippen molar-refractivity contribution >= 4 is 22.7 Å². The molecular weight excluding hydrogens is 232 g/mol. The minimum absolute atomic E-state index is 0. The van der Waals surface area contributed by atoms with E-state index in [1.807, 2.05) is 0 Å². The van der Waals surface area contributed by atoms with E-state index < -0.39 is 0 Å². The molecule has 1 heterocycles. The summed E-state index contributed by atoms with van der Waals surface area (Å²) in [6, 6.07) is 3.54. The van der Waals surface area contributed by atoms with Gasteiger partial charge in [-0.1, -0.05) is 18.5 Å². The van der Waals surface area contributed by atoms with Crippen molar-refractivity contribution < 1.29 is 0 Å². The first-order valence-electron chi connectivity index (χ1n) is 3.87. The number of hydrogen-bond acceptors (Lipinski definition) is 2. The molecule has 5 heteroatoms. The number of aromatic nitrogens is 1. The SMILES string of the molecule is Br.CCCc1ncccc1N=[N+]=[N-]. The molecule has 0 spiro atoms. The molecule has 0 aromatic carbocycles. The number of nitrogens with zero attached hydrogens (tertiary/aromatic N) is 4. The summed E-state index contributed by atoms with van der Waals surface area (Å²) in [5, 5.41) is 3.54. The van der Waals surface area contributed by atoms with Crippen LogP contribution in [0.3, 0.4) is 0 Å². The molecule has 13 heavy (non-hydrogen) atoms. The van der Waals surface area contributed by atoms with Crippen LogP contribution >= 0.6 is 17.0 Å². The quantitative estimate of drug-likeness (QED) is 0.454. The van der Waals surface area contributed by atoms with Crippen molar-refractivity contribution in [2.75, 3.05) is 0 Å². The molecule has 0 aliphatic rings. The molecule has 0 saturated carbocycles. The van der Waals surface area contributed by atoms with Gasteiger partial charge < -0.3 is 0 Å². The molecule has 0 N–H and O–H groups in total. The van der Waals surface area contributed by atoms with Crippen LogP contribution in [0.1, 0.15) is 19.0 Å². The highest BCUT2D eigenvalue weighted by Gasteiger charge is 1.98. The first-order valence-corrected chi connectivity index (χ1v) is 3.87. The maximum absolute atomic E-state index is 8.24. The van der Waals surface area contributed by atoms with Gasteiger partial charge in [0, 0.05) is 16.8 Å². The summed E-state index contributed by atoms with van der Waals surface area (Å²) < 4.78 is 0. The van der Waals surface area contributed by atoms with Crippen molar-refractivity contribution in [2.24, 2.45) is 5.11 Å². The Kier molecular flexibility index (Phi) is 5.93. The number of halogens is 1. The highest BCUT2D eigenvalue weighted by Crippen LogP contribution is 2.17. The molecule has 1 aromatic rings. The van der Waals surface area contributed by atoms with Crippen molar-refractivity contribution in [1.29, 1.82) is 0 Å². The zero-order chi connectivity index (χ0) is 8.81. The average Bonchev–Trinajstić information content (AvgIpc) is 2.09. The largest absolute Gasteiger partial charge is 0.261 e. The lowest BCUT2D eigenvalue weighted by Gasteiger charge is -1.99. The third-order valence-electron chi connectivity index (χ3n) is 1.51. The fourth-order valence-corrected chi connectivity index (χ4v) is 0.998. The van der Waals surface area contributed by atoms with E-state index in [0.29, 0.717) is 5.69 Å². The van der Waals surface area contributed by atoms with Crippen molar-refractivity contribution in [1.82, 2.24) is 4.98 Å². The molecule has 0 atom stereocenters. The third kappa shape index (κ3) is 3.44. The lowest BCUT2D eigenvalue weighted by Crippen LogP contribution is -1.87. The molecule has 0 bridgehead atoms. The molecule has 1 rings (SSSR count). The van der Waals surface area contributed by atoms with Gasteiger partial charge in [-0.25, -0.2) is 0 Å². The van der Waals surface area contributed by atoms with Crippen LogP contribution in [0, 0.1) is 0 Å². The van der Waals surface area contributed by atoms with E-state index in [2.05, 4.69) is 21.9 Å². The summed E-state index contributed by atoms with van der Waals surface area (Å²) in [4.78, 5) is 6.86. The number of rotatable bonds is 3. The summed E-state index contributed by atoms with van der Waals surface area (Å²) >= 11 is 0. The van der Waals surface area contributed by atoms with Crippen LogP contribution < -0.4 is 0 Å². The lowest BCUT2D eigenvalue weighted by molar-refractivity contribution is 0.882. The van der Waals surface area contributed by atoms with E-state index in [4.69, 9.17) is 5.53 Å². The van der Waals surface area contributed by atoms with E-state index in [-0.39, 0.29) is 17.0 Å². The monoisotopic (exact) mass is 242 g/mol. The molecule has 1 aromatic heterocycles. The standard InChI is InChI=1S/C8H10N4.BrH/c1-2-4-7-8(11-12-9)5-3-6-10-7;/h3,5-6H,2,4H2,1H3;1H. The highest BCUT2D eigenvalue weighted by molar-refractivity contribution is 8.93. The Morgan fingerprint density at radius 3 is 3.00 bits per heavy atom. The van der Waals surface area contributed by atoms with Crippen LogP contribution in [0.2, 0.25) is 0 Å². The van der Waals surface area contributed by atoms with E-state index >= 15 is 0 Å². The third-order valence-corrected chi connectivity index (χ3v) is 1.51. The van der Waals surface area contributed by atoms with Gasteiger partial charge in [0.05, 0.1) is 5.69 Å². The fraction of sp³-hybridized carbons (Fsp3) is 0.375. The number of aryl methyl sites for hydroxylation is 1. The fourth-order valence-electron chi connectivity index (χ4n) is 0.998. The molecule has 0 aliphatic heterocycles. The summed E-state index contributed by atoms with van der Waals surface area (Å²) in [5.41, 5.74) is 9.76. The van der Waals surface area contributed by atoms with Gasteiger partial charge in [0.2, 0.25) is 0 Å². The molecule has 0 fully saturated rings. The second-order valence-electron chi connectivity index (χ2n) is 2.41. The smallest absolute Gasteiger partial charge is 0.0590 e. The van der Waals surface area contributed by atoms with Gasteiger partial charge >= 0.3 is 0 Å². The van der Waals surface area contributed by atoms with Crippen LogP contribution in [0.15, 0.2) is 23.4 Å². The van der Waals surface area contributed by atoms with Gasteiger partial charge in [-0.2, -0.15) is 0 Å². The summed E-state index contributed by atoms with van der Waals surface area (Å²) in [5.74, 6) is 0. The summed E-state index contributed by atoms with van der Waals surface area (Å²) in [6.45, 7) is 2.06. The number of azide groups is 1. The van der Waals surface area contributed by atoms with Gasteiger partial charge in [0.1, 0.15) is 0 Å². The normalized spacial score (nSPS) is 8.38. The Labute approximate surface area is 87.4 Å². The molecule has 4 nitrogen and oxygen atoms in total. The van der Waals surface area contributed by atoms with Gasteiger partial charge in [-0.3, -0.25) is 4.98 Å². The van der Waals surface area contributed by atoms with E-state index in [9.17, 15) is 0 Å².